The van der Waals surface area contributed by atoms with E-state index in [9.17, 15) is 14.4 Å². The number of anilines is 1. The van der Waals surface area contributed by atoms with Crippen LogP contribution in [0.5, 0.6) is 11.5 Å². The van der Waals surface area contributed by atoms with Crippen LogP contribution in [-0.4, -0.2) is 25.0 Å². The number of esters is 1. The molecule has 0 bridgehead atoms. The number of ether oxygens (including phenoxy) is 2. The Hall–Kier alpha value is -3.61. The zero-order chi connectivity index (χ0) is 21.3. The number of carbonyl (C=O) groups excluding carboxylic acids is 2. The average molecular weight is 407 g/mol. The van der Waals surface area contributed by atoms with Gasteiger partial charge in [-0.3, -0.25) is 9.59 Å². The lowest BCUT2D eigenvalue weighted by atomic mass is 10.1. The van der Waals surface area contributed by atoms with Gasteiger partial charge in [-0.05, 0) is 42.7 Å². The second kappa shape index (κ2) is 8.02. The first-order valence-electron chi connectivity index (χ1n) is 9.76. The van der Waals surface area contributed by atoms with Gasteiger partial charge in [0.05, 0.1) is 12.1 Å². The predicted octanol–water partition coefficient (Wildman–Crippen LogP) is 3.38. The fraction of sp³-hybridized carbons (Fsp3) is 0.261. The monoisotopic (exact) mass is 407 g/mol. The molecular formula is C23H21NO6. The molecule has 0 unspecified atom stereocenters. The summed E-state index contributed by atoms with van der Waals surface area (Å²) >= 11 is 0. The fourth-order valence-corrected chi connectivity index (χ4v) is 3.54. The van der Waals surface area contributed by atoms with Crippen molar-refractivity contribution >= 4 is 28.5 Å². The first-order chi connectivity index (χ1) is 14.5. The molecule has 0 aliphatic carbocycles. The van der Waals surface area contributed by atoms with E-state index in [2.05, 4.69) is 0 Å². The van der Waals surface area contributed by atoms with Gasteiger partial charge < -0.3 is 18.8 Å². The van der Waals surface area contributed by atoms with Gasteiger partial charge >= 0.3 is 11.6 Å². The smallest absolute Gasteiger partial charge is 0.336 e. The zero-order valence-corrected chi connectivity index (χ0v) is 16.8. The number of carbonyl (C=O) groups is 2. The number of rotatable bonds is 5. The molecule has 2 heterocycles. The Morgan fingerprint density at radius 3 is 2.77 bits per heavy atom. The molecule has 0 N–H and O–H groups in total. The topological polar surface area (TPSA) is 86.0 Å². The third-order valence-electron chi connectivity index (χ3n) is 5.08. The number of benzene rings is 2. The Bertz CT molecular complexity index is 1200. The maximum absolute atomic E-state index is 12.5. The van der Waals surface area contributed by atoms with Crippen molar-refractivity contribution in [2.45, 2.75) is 26.7 Å². The summed E-state index contributed by atoms with van der Waals surface area (Å²) < 4.78 is 16.2. The SMILES string of the molecule is CCc1cc2c(C)cc(=O)oc2cc1OC(=O)CCN1C(=O)COc2ccccc21. The Kier molecular flexibility index (Phi) is 5.27. The van der Waals surface area contributed by atoms with Gasteiger partial charge in [0.15, 0.2) is 6.61 Å². The van der Waals surface area contributed by atoms with Crippen LogP contribution in [0.2, 0.25) is 0 Å². The molecule has 0 atom stereocenters. The number of fused-ring (bicyclic) bond motifs is 2. The van der Waals surface area contributed by atoms with Crippen molar-refractivity contribution in [1.82, 2.24) is 0 Å². The standard InChI is InChI=1S/C23H21NO6/c1-3-15-11-16-14(2)10-23(27)30-20(16)12-19(15)29-22(26)8-9-24-17-6-4-5-7-18(17)28-13-21(24)25/h4-7,10-12H,3,8-9,13H2,1-2H3. The van der Waals surface area contributed by atoms with E-state index in [1.807, 2.05) is 32.0 Å². The molecule has 0 saturated carbocycles. The lowest BCUT2D eigenvalue weighted by molar-refractivity contribution is -0.134. The molecule has 3 aromatic rings. The van der Waals surface area contributed by atoms with Crippen LogP contribution >= 0.6 is 0 Å². The summed E-state index contributed by atoms with van der Waals surface area (Å²) in [5, 5.41) is 0.807. The van der Waals surface area contributed by atoms with Crippen molar-refractivity contribution in [2.75, 3.05) is 18.1 Å². The highest BCUT2D eigenvalue weighted by Crippen LogP contribution is 2.32. The summed E-state index contributed by atoms with van der Waals surface area (Å²) in [6, 6.07) is 12.1. The second-order valence-corrected chi connectivity index (χ2v) is 7.08. The van der Waals surface area contributed by atoms with Crippen LogP contribution in [0.4, 0.5) is 5.69 Å². The van der Waals surface area contributed by atoms with Crippen molar-refractivity contribution in [1.29, 1.82) is 0 Å². The van der Waals surface area contributed by atoms with E-state index in [0.29, 0.717) is 29.2 Å². The van der Waals surface area contributed by atoms with E-state index < -0.39 is 11.6 Å². The summed E-state index contributed by atoms with van der Waals surface area (Å²) in [5.41, 5.74) is 2.20. The molecule has 7 nitrogen and oxygen atoms in total. The molecule has 4 rings (SSSR count). The summed E-state index contributed by atoms with van der Waals surface area (Å²) in [6.07, 6.45) is 0.658. The Morgan fingerprint density at radius 1 is 1.17 bits per heavy atom. The number of hydrogen-bond acceptors (Lipinski definition) is 6. The van der Waals surface area contributed by atoms with Crippen LogP contribution in [0.25, 0.3) is 11.0 Å². The van der Waals surface area contributed by atoms with Crippen LogP contribution < -0.4 is 20.0 Å². The van der Waals surface area contributed by atoms with Gasteiger partial charge in [-0.25, -0.2) is 4.79 Å². The minimum Gasteiger partial charge on any atom is -0.482 e. The van der Waals surface area contributed by atoms with Gasteiger partial charge in [0.1, 0.15) is 17.1 Å². The van der Waals surface area contributed by atoms with Crippen molar-refractivity contribution in [3.63, 3.8) is 0 Å². The number of aryl methyl sites for hydroxylation is 2. The van der Waals surface area contributed by atoms with Gasteiger partial charge in [0.2, 0.25) is 0 Å². The molecule has 1 aliphatic rings. The largest absolute Gasteiger partial charge is 0.482 e. The molecule has 1 aromatic heterocycles. The molecule has 2 aromatic carbocycles. The summed E-state index contributed by atoms with van der Waals surface area (Å²) in [6.45, 7) is 3.91. The Labute approximate surface area is 172 Å². The van der Waals surface area contributed by atoms with Gasteiger partial charge in [0.25, 0.3) is 5.91 Å². The fourth-order valence-electron chi connectivity index (χ4n) is 3.54. The Morgan fingerprint density at radius 2 is 1.97 bits per heavy atom. The quantitative estimate of drug-likeness (QED) is 0.366. The number of amides is 1. The Balaban J connectivity index is 1.52. The van der Waals surface area contributed by atoms with Gasteiger partial charge in [0, 0.05) is 24.1 Å². The van der Waals surface area contributed by atoms with Crippen molar-refractivity contribution in [3.05, 3.63) is 64.0 Å². The second-order valence-electron chi connectivity index (χ2n) is 7.08. The maximum atomic E-state index is 12.5. The minimum atomic E-state index is -0.476. The highest BCUT2D eigenvalue weighted by molar-refractivity contribution is 5.98. The van der Waals surface area contributed by atoms with E-state index in [1.165, 1.54) is 11.0 Å². The van der Waals surface area contributed by atoms with Crippen LogP contribution in [0.1, 0.15) is 24.5 Å². The molecule has 0 saturated heterocycles. The van der Waals surface area contributed by atoms with E-state index in [0.717, 1.165) is 16.5 Å². The normalized spacial score (nSPS) is 13.1. The van der Waals surface area contributed by atoms with E-state index in [4.69, 9.17) is 13.9 Å². The molecule has 154 valence electrons. The number of hydrogen-bond donors (Lipinski definition) is 0. The molecule has 7 heteroatoms. The summed E-state index contributed by atoms with van der Waals surface area (Å²) in [4.78, 5) is 38.0. The van der Waals surface area contributed by atoms with E-state index >= 15 is 0 Å². The summed E-state index contributed by atoms with van der Waals surface area (Å²) in [5.74, 6) is 0.283. The molecular weight excluding hydrogens is 386 g/mol. The van der Waals surface area contributed by atoms with Crippen LogP contribution in [0, 0.1) is 6.92 Å². The van der Waals surface area contributed by atoms with Gasteiger partial charge in [-0.15, -0.1) is 0 Å². The molecule has 0 spiro atoms. The molecule has 0 radical (unpaired) electrons. The van der Waals surface area contributed by atoms with E-state index in [1.54, 1.807) is 18.2 Å². The highest BCUT2D eigenvalue weighted by atomic mass is 16.5. The van der Waals surface area contributed by atoms with Crippen molar-refractivity contribution in [2.24, 2.45) is 0 Å². The van der Waals surface area contributed by atoms with Crippen molar-refractivity contribution < 1.29 is 23.5 Å². The number of nitrogens with zero attached hydrogens (tertiary/aromatic N) is 1. The first kappa shape index (κ1) is 19.7. The van der Waals surface area contributed by atoms with Crippen LogP contribution in [0.15, 0.2) is 51.7 Å². The lowest BCUT2D eigenvalue weighted by Crippen LogP contribution is -2.40. The molecule has 1 amide bonds. The van der Waals surface area contributed by atoms with Gasteiger partial charge in [-0.2, -0.15) is 0 Å². The maximum Gasteiger partial charge on any atom is 0.336 e. The number of para-hydroxylation sites is 2. The molecule has 1 aliphatic heterocycles. The zero-order valence-electron chi connectivity index (χ0n) is 16.8. The van der Waals surface area contributed by atoms with Crippen LogP contribution in [0.3, 0.4) is 0 Å². The van der Waals surface area contributed by atoms with Crippen molar-refractivity contribution in [3.8, 4) is 11.5 Å². The van der Waals surface area contributed by atoms with Gasteiger partial charge in [-0.1, -0.05) is 19.1 Å². The third kappa shape index (κ3) is 3.78. The third-order valence-corrected chi connectivity index (χ3v) is 5.08. The molecule has 0 fully saturated rings. The average Bonchev–Trinajstić information content (AvgIpc) is 2.72. The van der Waals surface area contributed by atoms with E-state index in [-0.39, 0.29) is 25.5 Å². The lowest BCUT2D eigenvalue weighted by Gasteiger charge is -2.29. The summed E-state index contributed by atoms with van der Waals surface area (Å²) in [7, 11) is 0. The molecule has 30 heavy (non-hydrogen) atoms. The predicted molar refractivity (Wildman–Crippen MR) is 111 cm³/mol. The first-order valence-corrected chi connectivity index (χ1v) is 9.76. The minimum absolute atomic E-state index is 0.0129. The highest BCUT2D eigenvalue weighted by Gasteiger charge is 2.26. The van der Waals surface area contributed by atoms with Crippen LogP contribution in [-0.2, 0) is 16.0 Å².